The van der Waals surface area contributed by atoms with E-state index in [-0.39, 0.29) is 5.82 Å². The minimum absolute atomic E-state index is 0.240. The lowest BCUT2D eigenvalue weighted by Gasteiger charge is -1.92. The monoisotopic (exact) mass is 210 g/mol. The van der Waals surface area contributed by atoms with Gasteiger partial charge in [-0.3, -0.25) is 0 Å². The summed E-state index contributed by atoms with van der Waals surface area (Å²) in [4.78, 5) is 0. The Morgan fingerprint density at radius 2 is 1.91 bits per heavy atom. The van der Waals surface area contributed by atoms with Gasteiger partial charge in [0.2, 0.25) is 0 Å². The van der Waals surface area contributed by atoms with Crippen LogP contribution in [-0.4, -0.2) is 7.85 Å². The van der Waals surface area contributed by atoms with Gasteiger partial charge >= 0.3 is 0 Å². The quantitative estimate of drug-likeness (QED) is 0.626. The Morgan fingerprint density at radius 1 is 1.36 bits per heavy atom. The average molecular weight is 211 g/mol. The van der Waals surface area contributed by atoms with E-state index in [4.69, 9.17) is 7.85 Å². The summed E-state index contributed by atoms with van der Waals surface area (Å²) < 4.78 is 12.9. The molecule has 0 atom stereocenters. The molecule has 0 aromatic heterocycles. The topological polar surface area (TPSA) is 0 Å². The Labute approximate surface area is 74.7 Å². The van der Waals surface area contributed by atoms with Crippen LogP contribution in [0.4, 0.5) is 4.39 Å². The van der Waals surface area contributed by atoms with Crippen LogP contribution in [0, 0.1) is 5.82 Å². The molecular formula is C8H5BBrF. The zero-order valence-electron chi connectivity index (χ0n) is 5.72. The van der Waals surface area contributed by atoms with Gasteiger partial charge in [0, 0.05) is 0 Å². The maximum absolute atomic E-state index is 12.4. The normalized spacial score (nSPS) is 11.6. The van der Waals surface area contributed by atoms with Crippen molar-refractivity contribution >= 4 is 29.9 Å². The Bertz CT molecular complexity index is 262. The standard InChI is InChI=1S/C8H5BBrF/c9-8(10)5-6-1-3-7(11)4-2-6/h1-5H/b8-5+. The van der Waals surface area contributed by atoms with Gasteiger partial charge in [0.15, 0.2) is 0 Å². The molecular weight excluding hydrogens is 206 g/mol. The van der Waals surface area contributed by atoms with Gasteiger partial charge in [-0.2, -0.15) is 0 Å². The van der Waals surface area contributed by atoms with Crippen LogP contribution in [0.5, 0.6) is 0 Å². The summed E-state index contributed by atoms with van der Waals surface area (Å²) in [5.74, 6) is -0.240. The molecule has 0 bridgehead atoms. The lowest BCUT2D eigenvalue weighted by atomic mass is 10.1. The van der Waals surface area contributed by atoms with E-state index in [1.165, 1.54) is 12.1 Å². The Kier molecular flexibility index (Phi) is 2.88. The molecule has 0 aliphatic carbocycles. The van der Waals surface area contributed by atoms with Crippen molar-refractivity contribution in [3.63, 3.8) is 0 Å². The summed E-state index contributed by atoms with van der Waals surface area (Å²) in [5.41, 5.74) is 0.876. The second-order valence-electron chi connectivity index (χ2n) is 2.08. The second kappa shape index (κ2) is 3.72. The van der Waals surface area contributed by atoms with Crippen molar-refractivity contribution < 1.29 is 4.39 Å². The highest BCUT2D eigenvalue weighted by Gasteiger charge is 1.88. The second-order valence-corrected chi connectivity index (χ2v) is 3.00. The van der Waals surface area contributed by atoms with Crippen LogP contribution in [-0.2, 0) is 0 Å². The van der Waals surface area contributed by atoms with Gasteiger partial charge in [-0.25, -0.2) is 4.39 Å². The SMILES string of the molecule is [B]/C(Br)=C\c1ccc(F)cc1. The lowest BCUT2D eigenvalue weighted by molar-refractivity contribution is 0.628. The van der Waals surface area contributed by atoms with Crippen LogP contribution in [0.15, 0.2) is 28.6 Å². The van der Waals surface area contributed by atoms with E-state index in [1.807, 2.05) is 0 Å². The molecule has 0 fully saturated rings. The molecule has 0 saturated carbocycles. The zero-order valence-corrected chi connectivity index (χ0v) is 7.31. The molecule has 0 aliphatic rings. The van der Waals surface area contributed by atoms with E-state index < -0.39 is 0 Å². The van der Waals surface area contributed by atoms with Crippen molar-refractivity contribution in [3.05, 3.63) is 40.0 Å². The van der Waals surface area contributed by atoms with E-state index in [0.29, 0.717) is 4.38 Å². The number of rotatable bonds is 1. The molecule has 0 spiro atoms. The Morgan fingerprint density at radius 3 is 2.36 bits per heavy atom. The number of hydrogen-bond donors (Lipinski definition) is 0. The largest absolute Gasteiger partial charge is 0.207 e. The van der Waals surface area contributed by atoms with Crippen molar-refractivity contribution in [1.82, 2.24) is 0 Å². The first-order valence-corrected chi connectivity index (χ1v) is 3.86. The van der Waals surface area contributed by atoms with Crippen LogP contribution < -0.4 is 0 Å². The van der Waals surface area contributed by atoms with Crippen LogP contribution in [0.2, 0.25) is 0 Å². The minimum Gasteiger partial charge on any atom is -0.207 e. The molecule has 0 N–H and O–H groups in total. The highest BCUT2D eigenvalue weighted by Crippen LogP contribution is 2.09. The highest BCUT2D eigenvalue weighted by atomic mass is 79.9. The van der Waals surface area contributed by atoms with E-state index in [0.717, 1.165) is 5.56 Å². The third-order valence-corrected chi connectivity index (χ3v) is 1.40. The number of halogens is 2. The van der Waals surface area contributed by atoms with Gasteiger partial charge in [0.05, 0.1) is 0 Å². The number of hydrogen-bond acceptors (Lipinski definition) is 0. The molecule has 0 unspecified atom stereocenters. The molecule has 0 saturated heterocycles. The zero-order chi connectivity index (χ0) is 8.27. The predicted molar refractivity (Wildman–Crippen MR) is 49.1 cm³/mol. The summed E-state index contributed by atoms with van der Waals surface area (Å²) >= 11 is 3.07. The number of benzene rings is 1. The van der Waals surface area contributed by atoms with Crippen molar-refractivity contribution in [1.29, 1.82) is 0 Å². The Balaban J connectivity index is 2.91. The fourth-order valence-electron chi connectivity index (χ4n) is 0.718. The third kappa shape index (κ3) is 2.89. The van der Waals surface area contributed by atoms with Crippen molar-refractivity contribution in [2.75, 3.05) is 0 Å². The first-order valence-electron chi connectivity index (χ1n) is 3.07. The summed E-state index contributed by atoms with van der Waals surface area (Å²) in [7, 11) is 5.35. The molecule has 1 aromatic carbocycles. The average Bonchev–Trinajstić information content (AvgIpc) is 1.93. The van der Waals surface area contributed by atoms with Gasteiger partial charge in [0.1, 0.15) is 13.7 Å². The summed E-state index contributed by atoms with van der Waals surface area (Å²) in [6, 6.07) is 6.09. The molecule has 11 heavy (non-hydrogen) atoms. The molecule has 54 valence electrons. The fraction of sp³-hybridized carbons (Fsp3) is 0. The van der Waals surface area contributed by atoms with Crippen LogP contribution in [0.3, 0.4) is 0 Å². The van der Waals surface area contributed by atoms with Crippen LogP contribution in [0.25, 0.3) is 6.08 Å². The van der Waals surface area contributed by atoms with Gasteiger partial charge in [-0.1, -0.05) is 38.5 Å². The molecule has 0 nitrogen and oxygen atoms in total. The van der Waals surface area contributed by atoms with Crippen LogP contribution in [0.1, 0.15) is 5.56 Å². The Hall–Kier alpha value is -0.565. The van der Waals surface area contributed by atoms with Crippen molar-refractivity contribution in [2.24, 2.45) is 0 Å². The molecule has 1 aromatic rings. The first kappa shape index (κ1) is 8.53. The summed E-state index contributed by atoms with van der Waals surface area (Å²) in [6.07, 6.45) is 1.71. The maximum atomic E-state index is 12.4. The third-order valence-electron chi connectivity index (χ3n) is 1.17. The van der Waals surface area contributed by atoms with Gasteiger partial charge in [0.25, 0.3) is 0 Å². The molecule has 1 rings (SSSR count). The minimum atomic E-state index is -0.240. The van der Waals surface area contributed by atoms with Crippen molar-refractivity contribution in [3.8, 4) is 0 Å². The van der Waals surface area contributed by atoms with E-state index in [2.05, 4.69) is 15.9 Å². The maximum Gasteiger partial charge on any atom is 0.124 e. The molecule has 0 heterocycles. The smallest absolute Gasteiger partial charge is 0.124 e. The van der Waals surface area contributed by atoms with E-state index in [9.17, 15) is 4.39 Å². The lowest BCUT2D eigenvalue weighted by Crippen LogP contribution is -1.75. The predicted octanol–water partition coefficient (Wildman–Crippen LogP) is 2.69. The summed E-state index contributed by atoms with van der Waals surface area (Å²) in [5, 5.41) is 0. The van der Waals surface area contributed by atoms with Gasteiger partial charge in [-0.15, -0.1) is 0 Å². The van der Waals surface area contributed by atoms with Crippen LogP contribution >= 0.6 is 15.9 Å². The highest BCUT2D eigenvalue weighted by molar-refractivity contribution is 9.12. The van der Waals surface area contributed by atoms with Gasteiger partial charge < -0.3 is 0 Å². The molecule has 0 amide bonds. The molecule has 3 heteroatoms. The van der Waals surface area contributed by atoms with Gasteiger partial charge in [-0.05, 0) is 17.7 Å². The van der Waals surface area contributed by atoms with Crippen molar-refractivity contribution in [2.45, 2.75) is 0 Å². The molecule has 0 aliphatic heterocycles. The molecule has 2 radical (unpaired) electrons. The van der Waals surface area contributed by atoms with E-state index >= 15 is 0 Å². The summed E-state index contributed by atoms with van der Waals surface area (Å²) in [6.45, 7) is 0. The fourth-order valence-corrected chi connectivity index (χ4v) is 0.983. The van der Waals surface area contributed by atoms with E-state index in [1.54, 1.807) is 18.2 Å². The first-order chi connectivity index (χ1) is 5.18.